The summed E-state index contributed by atoms with van der Waals surface area (Å²) in [6, 6.07) is 2.78. The smallest absolute Gasteiger partial charge is 0.215 e. The van der Waals surface area contributed by atoms with E-state index in [4.69, 9.17) is 5.73 Å². The Hall–Kier alpha value is -0.640. The lowest BCUT2D eigenvalue weighted by molar-refractivity contribution is 0.585. The molecule has 2 nitrogen and oxygen atoms in total. The first-order valence-corrected chi connectivity index (χ1v) is 3.06. The first-order chi connectivity index (χ1) is 4.18. The van der Waals surface area contributed by atoms with Crippen molar-refractivity contribution in [1.29, 1.82) is 0 Å². The number of halogens is 2. The van der Waals surface area contributed by atoms with E-state index < -0.39 is 5.95 Å². The third-order valence-electron chi connectivity index (χ3n) is 0.779. The van der Waals surface area contributed by atoms with Crippen LogP contribution in [0, 0.1) is 5.95 Å². The van der Waals surface area contributed by atoms with Gasteiger partial charge in [0.05, 0.1) is 0 Å². The van der Waals surface area contributed by atoms with Gasteiger partial charge in [-0.1, -0.05) is 15.9 Å². The molecular weight excluding hydrogens is 187 g/mol. The number of hydrogen-bond acceptors (Lipinski definition) is 2. The third-order valence-corrected chi connectivity index (χ3v) is 1.24. The van der Waals surface area contributed by atoms with Crippen molar-refractivity contribution in [3.8, 4) is 0 Å². The van der Waals surface area contributed by atoms with E-state index in [1.807, 2.05) is 0 Å². The Morgan fingerprint density at radius 3 is 2.67 bits per heavy atom. The van der Waals surface area contributed by atoms with E-state index in [9.17, 15) is 4.39 Å². The van der Waals surface area contributed by atoms with Crippen molar-refractivity contribution < 1.29 is 4.39 Å². The summed E-state index contributed by atoms with van der Waals surface area (Å²) >= 11 is 3.05. The van der Waals surface area contributed by atoms with E-state index in [1.165, 1.54) is 12.1 Å². The number of rotatable bonds is 0. The average molecular weight is 191 g/mol. The number of nitrogens with two attached hydrogens (primary N) is 1. The van der Waals surface area contributed by atoms with Crippen LogP contribution in [0.1, 0.15) is 0 Å². The molecule has 0 unspecified atom stereocenters. The zero-order valence-corrected chi connectivity index (χ0v) is 6.02. The van der Waals surface area contributed by atoms with Crippen LogP contribution in [0.25, 0.3) is 0 Å². The number of anilines is 1. The number of pyridine rings is 1. The van der Waals surface area contributed by atoms with Crippen LogP contribution in [0.2, 0.25) is 0 Å². The lowest BCUT2D eigenvalue weighted by atomic mass is 10.5. The van der Waals surface area contributed by atoms with Crippen molar-refractivity contribution in [1.82, 2.24) is 4.98 Å². The molecule has 0 radical (unpaired) electrons. The molecule has 0 saturated carbocycles. The molecule has 1 aromatic heterocycles. The SMILES string of the molecule is Nc1cc(Br)cc(F)n1. The van der Waals surface area contributed by atoms with E-state index in [0.29, 0.717) is 4.47 Å². The Bertz CT molecular complexity index is 176. The number of nitrogen functional groups attached to an aromatic ring is 1. The van der Waals surface area contributed by atoms with Crippen LogP contribution in [0.5, 0.6) is 0 Å². The quantitative estimate of drug-likeness (QED) is 0.632. The molecule has 0 aliphatic heterocycles. The maximum absolute atomic E-state index is 12.2. The second-order valence-corrected chi connectivity index (χ2v) is 2.45. The molecule has 0 bridgehead atoms. The van der Waals surface area contributed by atoms with E-state index in [0.717, 1.165) is 0 Å². The van der Waals surface area contributed by atoms with Gasteiger partial charge in [0.25, 0.3) is 0 Å². The van der Waals surface area contributed by atoms with E-state index >= 15 is 0 Å². The van der Waals surface area contributed by atoms with Crippen molar-refractivity contribution in [3.05, 3.63) is 22.6 Å². The van der Waals surface area contributed by atoms with Gasteiger partial charge in [-0.3, -0.25) is 0 Å². The van der Waals surface area contributed by atoms with Crippen LogP contribution in [-0.2, 0) is 0 Å². The minimum Gasteiger partial charge on any atom is -0.384 e. The Labute approximate surface area is 60.0 Å². The fourth-order valence-electron chi connectivity index (χ4n) is 0.485. The molecule has 4 heteroatoms. The maximum atomic E-state index is 12.2. The zero-order valence-electron chi connectivity index (χ0n) is 4.44. The largest absolute Gasteiger partial charge is 0.384 e. The minimum atomic E-state index is -0.568. The number of aromatic nitrogens is 1. The van der Waals surface area contributed by atoms with Crippen LogP contribution >= 0.6 is 15.9 Å². The predicted molar refractivity (Wildman–Crippen MR) is 36.3 cm³/mol. The molecule has 0 aromatic carbocycles. The molecule has 9 heavy (non-hydrogen) atoms. The van der Waals surface area contributed by atoms with Crippen molar-refractivity contribution in [3.63, 3.8) is 0 Å². The molecular formula is C5H4BrFN2. The first-order valence-electron chi connectivity index (χ1n) is 2.27. The summed E-state index contributed by atoms with van der Waals surface area (Å²) in [6.45, 7) is 0. The Morgan fingerprint density at radius 1 is 1.56 bits per heavy atom. The molecule has 0 aliphatic carbocycles. The van der Waals surface area contributed by atoms with Gasteiger partial charge in [0.15, 0.2) is 0 Å². The van der Waals surface area contributed by atoms with Gasteiger partial charge in [0, 0.05) is 10.5 Å². The highest BCUT2D eigenvalue weighted by Crippen LogP contribution is 2.12. The third kappa shape index (κ3) is 1.64. The van der Waals surface area contributed by atoms with Crippen LogP contribution in [-0.4, -0.2) is 4.98 Å². The molecule has 0 amide bonds. The molecule has 1 rings (SSSR count). The fourth-order valence-corrected chi connectivity index (χ4v) is 0.908. The monoisotopic (exact) mass is 190 g/mol. The molecule has 48 valence electrons. The van der Waals surface area contributed by atoms with Crippen LogP contribution < -0.4 is 5.73 Å². The molecule has 0 saturated heterocycles. The molecule has 0 atom stereocenters. The highest BCUT2D eigenvalue weighted by Gasteiger charge is 1.94. The fraction of sp³-hybridized carbons (Fsp3) is 0. The lowest BCUT2D eigenvalue weighted by Crippen LogP contribution is -1.91. The summed E-state index contributed by atoms with van der Waals surface area (Å²) in [6.07, 6.45) is 0. The molecule has 1 heterocycles. The molecule has 0 spiro atoms. The summed E-state index contributed by atoms with van der Waals surface area (Å²) < 4.78 is 12.8. The number of nitrogens with zero attached hydrogens (tertiary/aromatic N) is 1. The van der Waals surface area contributed by atoms with Crippen molar-refractivity contribution in [2.24, 2.45) is 0 Å². The van der Waals surface area contributed by atoms with Crippen LogP contribution in [0.4, 0.5) is 10.2 Å². The van der Waals surface area contributed by atoms with Crippen molar-refractivity contribution >= 4 is 21.7 Å². The van der Waals surface area contributed by atoms with Gasteiger partial charge in [0.2, 0.25) is 5.95 Å². The van der Waals surface area contributed by atoms with Crippen LogP contribution in [0.15, 0.2) is 16.6 Å². The second kappa shape index (κ2) is 2.31. The topological polar surface area (TPSA) is 38.9 Å². The molecule has 1 aromatic rings. The van der Waals surface area contributed by atoms with E-state index in [-0.39, 0.29) is 5.82 Å². The van der Waals surface area contributed by atoms with E-state index in [2.05, 4.69) is 20.9 Å². The van der Waals surface area contributed by atoms with Crippen LogP contribution in [0.3, 0.4) is 0 Å². The lowest BCUT2D eigenvalue weighted by Gasteiger charge is -1.91. The highest BCUT2D eigenvalue weighted by molar-refractivity contribution is 9.10. The average Bonchev–Trinajstić information content (AvgIpc) is 1.59. The summed E-state index contributed by atoms with van der Waals surface area (Å²) in [7, 11) is 0. The van der Waals surface area contributed by atoms with Gasteiger partial charge in [0.1, 0.15) is 5.82 Å². The summed E-state index contributed by atoms with van der Waals surface area (Å²) in [5, 5.41) is 0. The van der Waals surface area contributed by atoms with Crippen molar-refractivity contribution in [2.45, 2.75) is 0 Å². The Balaban J connectivity index is 3.17. The van der Waals surface area contributed by atoms with E-state index in [1.54, 1.807) is 0 Å². The second-order valence-electron chi connectivity index (χ2n) is 1.53. The number of hydrogen-bond donors (Lipinski definition) is 1. The molecule has 0 fully saturated rings. The van der Waals surface area contributed by atoms with Gasteiger partial charge >= 0.3 is 0 Å². The zero-order chi connectivity index (χ0) is 6.85. The van der Waals surface area contributed by atoms with Crippen molar-refractivity contribution in [2.75, 3.05) is 5.73 Å². The summed E-state index contributed by atoms with van der Waals surface area (Å²) in [5.41, 5.74) is 5.18. The van der Waals surface area contributed by atoms with Gasteiger partial charge in [-0.15, -0.1) is 0 Å². The van der Waals surface area contributed by atoms with Gasteiger partial charge in [-0.05, 0) is 6.07 Å². The minimum absolute atomic E-state index is 0.182. The van der Waals surface area contributed by atoms with Gasteiger partial charge in [-0.2, -0.15) is 4.39 Å². The summed E-state index contributed by atoms with van der Waals surface area (Å²) in [5.74, 6) is -0.385. The Morgan fingerprint density at radius 2 is 2.22 bits per heavy atom. The normalized spacial score (nSPS) is 9.56. The van der Waals surface area contributed by atoms with Gasteiger partial charge in [-0.25, -0.2) is 4.98 Å². The Kier molecular flexibility index (Phi) is 1.66. The summed E-state index contributed by atoms with van der Waals surface area (Å²) in [4.78, 5) is 3.32. The molecule has 0 aliphatic rings. The first kappa shape index (κ1) is 6.48. The maximum Gasteiger partial charge on any atom is 0.215 e. The molecule has 2 N–H and O–H groups in total. The predicted octanol–water partition coefficient (Wildman–Crippen LogP) is 1.57. The van der Waals surface area contributed by atoms with Gasteiger partial charge < -0.3 is 5.73 Å². The standard InChI is InChI=1S/C5H4BrFN2/c6-3-1-4(7)9-5(8)2-3/h1-2H,(H2,8,9). The highest BCUT2D eigenvalue weighted by atomic mass is 79.9.